The van der Waals surface area contributed by atoms with Crippen molar-refractivity contribution in [2.45, 2.75) is 26.3 Å². The zero-order chi connectivity index (χ0) is 14.5. The quantitative estimate of drug-likeness (QED) is 0.808. The number of methoxy groups -OCH3 is 1. The molecule has 2 heterocycles. The molecule has 0 fully saturated rings. The van der Waals surface area contributed by atoms with Crippen LogP contribution >= 0.6 is 0 Å². The molecule has 8 nitrogen and oxygen atoms in total. The predicted octanol–water partition coefficient (Wildman–Crippen LogP) is 1.11. The van der Waals surface area contributed by atoms with Crippen LogP contribution in [0, 0.1) is 6.92 Å². The molecule has 0 saturated heterocycles. The molecule has 0 unspecified atom stereocenters. The van der Waals surface area contributed by atoms with E-state index in [-0.39, 0.29) is 12.0 Å². The van der Waals surface area contributed by atoms with Gasteiger partial charge in [-0.3, -0.25) is 0 Å². The van der Waals surface area contributed by atoms with Crippen molar-refractivity contribution in [3.8, 4) is 0 Å². The van der Waals surface area contributed by atoms with Gasteiger partial charge in [0.1, 0.15) is 11.9 Å². The summed E-state index contributed by atoms with van der Waals surface area (Å²) in [7, 11) is 1.63. The standard InChI is InChI=1S/C12H18N6O2/c1-7-6-14-12(13)17-10(7)15-8(2)11-16-9(18-20-11)4-5-19-3/h6,8H,4-5H2,1-3H3,(H3,13,14,15,17)/t8-/m1/s1. The topological polar surface area (TPSA) is 112 Å². The third-order valence-electron chi connectivity index (χ3n) is 2.73. The lowest BCUT2D eigenvalue weighted by Gasteiger charge is -2.12. The largest absolute Gasteiger partial charge is 0.384 e. The van der Waals surface area contributed by atoms with Crippen LogP contribution in [0.3, 0.4) is 0 Å². The van der Waals surface area contributed by atoms with Crippen LogP contribution < -0.4 is 11.1 Å². The minimum Gasteiger partial charge on any atom is -0.384 e. The Labute approximate surface area is 116 Å². The molecule has 0 aliphatic heterocycles. The number of hydrogen-bond acceptors (Lipinski definition) is 8. The molecular formula is C12H18N6O2. The Morgan fingerprint density at radius 2 is 2.25 bits per heavy atom. The Kier molecular flexibility index (Phi) is 4.46. The highest BCUT2D eigenvalue weighted by Crippen LogP contribution is 2.19. The molecule has 8 heteroatoms. The Hall–Kier alpha value is -2.22. The van der Waals surface area contributed by atoms with Crippen LogP contribution in [0.5, 0.6) is 0 Å². The molecular weight excluding hydrogens is 260 g/mol. The minimum atomic E-state index is -0.174. The van der Waals surface area contributed by atoms with Gasteiger partial charge < -0.3 is 20.3 Å². The van der Waals surface area contributed by atoms with Crippen molar-refractivity contribution >= 4 is 11.8 Å². The lowest BCUT2D eigenvalue weighted by atomic mass is 10.3. The van der Waals surface area contributed by atoms with Gasteiger partial charge in [0.05, 0.1) is 6.61 Å². The van der Waals surface area contributed by atoms with Gasteiger partial charge in [-0.1, -0.05) is 5.16 Å². The second-order valence-corrected chi connectivity index (χ2v) is 4.42. The second-order valence-electron chi connectivity index (χ2n) is 4.42. The van der Waals surface area contributed by atoms with Crippen LogP contribution in [-0.2, 0) is 11.2 Å². The summed E-state index contributed by atoms with van der Waals surface area (Å²) >= 11 is 0. The molecule has 0 amide bonds. The highest BCUT2D eigenvalue weighted by Gasteiger charge is 2.15. The predicted molar refractivity (Wildman–Crippen MR) is 73.1 cm³/mol. The molecule has 0 spiro atoms. The SMILES string of the molecule is COCCc1noc([C@@H](C)Nc2nc(N)ncc2C)n1. The smallest absolute Gasteiger partial charge is 0.248 e. The molecule has 0 aliphatic rings. The van der Waals surface area contributed by atoms with E-state index in [0.29, 0.717) is 30.6 Å². The van der Waals surface area contributed by atoms with Crippen LogP contribution in [0.1, 0.15) is 30.2 Å². The first kappa shape index (κ1) is 14.2. The Morgan fingerprint density at radius 1 is 1.45 bits per heavy atom. The summed E-state index contributed by atoms with van der Waals surface area (Å²) in [5, 5.41) is 7.07. The summed E-state index contributed by atoms with van der Waals surface area (Å²) < 4.78 is 10.2. The number of nitrogens with two attached hydrogens (primary N) is 1. The fraction of sp³-hybridized carbons (Fsp3) is 0.500. The summed E-state index contributed by atoms with van der Waals surface area (Å²) in [4.78, 5) is 12.4. The molecule has 3 N–H and O–H groups in total. The number of nitrogen functional groups attached to an aromatic ring is 1. The maximum absolute atomic E-state index is 5.57. The zero-order valence-corrected chi connectivity index (χ0v) is 11.8. The van der Waals surface area contributed by atoms with Crippen LogP contribution in [0.4, 0.5) is 11.8 Å². The molecule has 0 aromatic carbocycles. The van der Waals surface area contributed by atoms with E-state index in [9.17, 15) is 0 Å². The third-order valence-corrected chi connectivity index (χ3v) is 2.73. The van der Waals surface area contributed by atoms with Crippen molar-refractivity contribution in [2.24, 2.45) is 0 Å². The first-order valence-electron chi connectivity index (χ1n) is 6.27. The van der Waals surface area contributed by atoms with Crippen molar-refractivity contribution in [3.05, 3.63) is 23.5 Å². The Bertz CT molecular complexity index is 571. The van der Waals surface area contributed by atoms with E-state index in [1.165, 1.54) is 0 Å². The number of aryl methyl sites for hydroxylation is 1. The minimum absolute atomic E-state index is 0.174. The van der Waals surface area contributed by atoms with Crippen molar-refractivity contribution in [2.75, 3.05) is 24.8 Å². The van der Waals surface area contributed by atoms with Crippen LogP contribution in [0.2, 0.25) is 0 Å². The number of anilines is 2. The van der Waals surface area contributed by atoms with E-state index in [1.54, 1.807) is 13.3 Å². The first-order valence-corrected chi connectivity index (χ1v) is 6.27. The highest BCUT2D eigenvalue weighted by atomic mass is 16.5. The van der Waals surface area contributed by atoms with E-state index in [1.807, 2.05) is 13.8 Å². The summed E-state index contributed by atoms with van der Waals surface area (Å²) in [6.07, 6.45) is 2.28. The normalized spacial score (nSPS) is 12.3. The summed E-state index contributed by atoms with van der Waals surface area (Å²) in [5.74, 6) is 1.99. The van der Waals surface area contributed by atoms with E-state index >= 15 is 0 Å². The Balaban J connectivity index is 2.05. The fourth-order valence-corrected chi connectivity index (χ4v) is 1.61. The molecule has 0 bridgehead atoms. The van der Waals surface area contributed by atoms with Crippen LogP contribution in [-0.4, -0.2) is 33.8 Å². The first-order chi connectivity index (χ1) is 9.60. The maximum atomic E-state index is 5.57. The fourth-order valence-electron chi connectivity index (χ4n) is 1.61. The second kappa shape index (κ2) is 6.29. The van der Waals surface area contributed by atoms with E-state index in [2.05, 4.69) is 25.4 Å². The van der Waals surface area contributed by atoms with Crippen molar-refractivity contribution in [1.82, 2.24) is 20.1 Å². The van der Waals surface area contributed by atoms with Gasteiger partial charge in [-0.15, -0.1) is 0 Å². The van der Waals surface area contributed by atoms with Gasteiger partial charge in [-0.05, 0) is 13.8 Å². The average molecular weight is 278 g/mol. The molecule has 0 radical (unpaired) electrons. The average Bonchev–Trinajstić information content (AvgIpc) is 2.89. The molecule has 108 valence electrons. The molecule has 1 atom stereocenters. The van der Waals surface area contributed by atoms with E-state index in [0.717, 1.165) is 5.56 Å². The summed E-state index contributed by atoms with van der Waals surface area (Å²) in [6, 6.07) is -0.174. The van der Waals surface area contributed by atoms with Crippen molar-refractivity contribution < 1.29 is 9.26 Å². The van der Waals surface area contributed by atoms with Gasteiger partial charge in [0.15, 0.2) is 5.82 Å². The number of aromatic nitrogens is 4. The number of ether oxygens (including phenoxy) is 1. The number of nitrogens with one attached hydrogen (secondary N) is 1. The van der Waals surface area contributed by atoms with Gasteiger partial charge in [0.2, 0.25) is 11.8 Å². The highest BCUT2D eigenvalue weighted by molar-refractivity contribution is 5.46. The van der Waals surface area contributed by atoms with Gasteiger partial charge in [0, 0.05) is 25.3 Å². The third kappa shape index (κ3) is 3.41. The van der Waals surface area contributed by atoms with Gasteiger partial charge in [-0.2, -0.15) is 9.97 Å². The number of rotatable bonds is 6. The van der Waals surface area contributed by atoms with Gasteiger partial charge >= 0.3 is 0 Å². The molecule has 2 aromatic rings. The number of hydrogen-bond donors (Lipinski definition) is 2. The number of nitrogens with zero attached hydrogens (tertiary/aromatic N) is 4. The molecule has 2 aromatic heterocycles. The van der Waals surface area contributed by atoms with Gasteiger partial charge in [-0.25, -0.2) is 4.98 Å². The lowest BCUT2D eigenvalue weighted by Crippen LogP contribution is -2.11. The summed E-state index contributed by atoms with van der Waals surface area (Å²) in [5.41, 5.74) is 6.47. The zero-order valence-electron chi connectivity index (χ0n) is 11.8. The molecule has 20 heavy (non-hydrogen) atoms. The van der Waals surface area contributed by atoms with E-state index in [4.69, 9.17) is 15.0 Å². The maximum Gasteiger partial charge on any atom is 0.248 e. The molecule has 0 saturated carbocycles. The van der Waals surface area contributed by atoms with Gasteiger partial charge in [0.25, 0.3) is 0 Å². The van der Waals surface area contributed by atoms with E-state index < -0.39 is 0 Å². The van der Waals surface area contributed by atoms with Crippen molar-refractivity contribution in [3.63, 3.8) is 0 Å². The lowest BCUT2D eigenvalue weighted by molar-refractivity contribution is 0.199. The Morgan fingerprint density at radius 3 is 3.00 bits per heavy atom. The molecule has 0 aliphatic carbocycles. The van der Waals surface area contributed by atoms with Crippen LogP contribution in [0.25, 0.3) is 0 Å². The van der Waals surface area contributed by atoms with Crippen LogP contribution in [0.15, 0.2) is 10.7 Å². The monoisotopic (exact) mass is 278 g/mol. The van der Waals surface area contributed by atoms with Crippen molar-refractivity contribution in [1.29, 1.82) is 0 Å². The summed E-state index contributed by atoms with van der Waals surface area (Å²) in [6.45, 7) is 4.36. The molecule has 2 rings (SSSR count).